The van der Waals surface area contributed by atoms with Crippen LogP contribution in [0.15, 0.2) is 0 Å². The normalized spacial score (nSPS) is 39.6. The second kappa shape index (κ2) is 5.16. The van der Waals surface area contributed by atoms with E-state index in [1.165, 1.54) is 57.9 Å². The van der Waals surface area contributed by atoms with Crippen molar-refractivity contribution in [2.24, 2.45) is 11.8 Å². The molecule has 0 bridgehead atoms. The minimum Gasteiger partial charge on any atom is -0.314 e. The molecule has 0 aromatic carbocycles. The van der Waals surface area contributed by atoms with E-state index < -0.39 is 0 Å². The van der Waals surface area contributed by atoms with Gasteiger partial charge in [-0.2, -0.15) is 0 Å². The molecule has 2 rings (SSSR count). The molecule has 1 N–H and O–H groups in total. The standard InChI is InChI=1S/C13H25N/c1-11-5-4-6-12(9-11)10-13-7-2-3-8-14-13/h11-14H,2-10H2,1H3. The summed E-state index contributed by atoms with van der Waals surface area (Å²) >= 11 is 0. The van der Waals surface area contributed by atoms with E-state index in [1.54, 1.807) is 0 Å². The van der Waals surface area contributed by atoms with Gasteiger partial charge in [-0.05, 0) is 44.1 Å². The van der Waals surface area contributed by atoms with Gasteiger partial charge in [-0.15, -0.1) is 0 Å². The van der Waals surface area contributed by atoms with E-state index in [2.05, 4.69) is 12.2 Å². The van der Waals surface area contributed by atoms with Crippen molar-refractivity contribution in [2.75, 3.05) is 6.54 Å². The summed E-state index contributed by atoms with van der Waals surface area (Å²) in [6.07, 6.45) is 11.7. The first kappa shape index (κ1) is 10.5. The highest BCUT2D eigenvalue weighted by atomic mass is 14.9. The van der Waals surface area contributed by atoms with Gasteiger partial charge < -0.3 is 5.32 Å². The zero-order valence-electron chi connectivity index (χ0n) is 9.60. The molecule has 1 saturated heterocycles. The van der Waals surface area contributed by atoms with E-state index in [0.29, 0.717) is 0 Å². The van der Waals surface area contributed by atoms with E-state index in [0.717, 1.165) is 17.9 Å². The predicted molar refractivity (Wildman–Crippen MR) is 61.4 cm³/mol. The Hall–Kier alpha value is -0.0400. The van der Waals surface area contributed by atoms with Crippen LogP contribution in [0.5, 0.6) is 0 Å². The monoisotopic (exact) mass is 195 g/mol. The van der Waals surface area contributed by atoms with Gasteiger partial charge in [-0.3, -0.25) is 0 Å². The number of hydrogen-bond acceptors (Lipinski definition) is 1. The molecule has 0 aromatic heterocycles. The van der Waals surface area contributed by atoms with Gasteiger partial charge in [-0.1, -0.05) is 32.6 Å². The van der Waals surface area contributed by atoms with Gasteiger partial charge in [0, 0.05) is 6.04 Å². The maximum absolute atomic E-state index is 3.68. The van der Waals surface area contributed by atoms with Gasteiger partial charge in [0.05, 0.1) is 0 Å². The zero-order chi connectivity index (χ0) is 9.80. The minimum absolute atomic E-state index is 0.860. The summed E-state index contributed by atoms with van der Waals surface area (Å²) in [5.41, 5.74) is 0. The third-order valence-corrected chi connectivity index (χ3v) is 4.08. The number of rotatable bonds is 2. The van der Waals surface area contributed by atoms with Gasteiger partial charge in [0.25, 0.3) is 0 Å². The molecule has 1 nitrogen and oxygen atoms in total. The predicted octanol–water partition coefficient (Wildman–Crippen LogP) is 3.34. The molecular weight excluding hydrogens is 170 g/mol. The van der Waals surface area contributed by atoms with Gasteiger partial charge in [0.2, 0.25) is 0 Å². The van der Waals surface area contributed by atoms with Crippen molar-refractivity contribution in [2.45, 2.75) is 64.3 Å². The zero-order valence-corrected chi connectivity index (χ0v) is 9.60. The average Bonchev–Trinajstić information content (AvgIpc) is 2.19. The fourth-order valence-electron chi connectivity index (χ4n) is 3.30. The summed E-state index contributed by atoms with van der Waals surface area (Å²) in [6.45, 7) is 3.70. The number of piperidine rings is 1. The van der Waals surface area contributed by atoms with Crippen LogP contribution in [0.2, 0.25) is 0 Å². The van der Waals surface area contributed by atoms with Gasteiger partial charge in [0.1, 0.15) is 0 Å². The van der Waals surface area contributed by atoms with Crippen LogP contribution < -0.4 is 5.32 Å². The Balaban J connectivity index is 1.72. The molecule has 0 aromatic rings. The first-order chi connectivity index (χ1) is 6.84. The van der Waals surface area contributed by atoms with Crippen LogP contribution in [0, 0.1) is 11.8 Å². The quantitative estimate of drug-likeness (QED) is 0.712. The highest BCUT2D eigenvalue weighted by Gasteiger charge is 2.22. The lowest BCUT2D eigenvalue weighted by Gasteiger charge is -2.32. The fraction of sp³-hybridized carbons (Fsp3) is 1.00. The molecule has 1 aliphatic carbocycles. The Kier molecular flexibility index (Phi) is 3.86. The molecule has 0 amide bonds. The topological polar surface area (TPSA) is 12.0 Å². The van der Waals surface area contributed by atoms with Gasteiger partial charge >= 0.3 is 0 Å². The van der Waals surface area contributed by atoms with E-state index in [4.69, 9.17) is 0 Å². The van der Waals surface area contributed by atoms with E-state index in [9.17, 15) is 0 Å². The summed E-state index contributed by atoms with van der Waals surface area (Å²) in [4.78, 5) is 0. The first-order valence-electron chi connectivity index (χ1n) is 6.58. The smallest absolute Gasteiger partial charge is 0.00697 e. The van der Waals surface area contributed by atoms with Crippen LogP contribution in [0.1, 0.15) is 58.3 Å². The second-order valence-electron chi connectivity index (χ2n) is 5.52. The van der Waals surface area contributed by atoms with Crippen LogP contribution >= 0.6 is 0 Å². The van der Waals surface area contributed by atoms with Crippen molar-refractivity contribution in [1.29, 1.82) is 0 Å². The van der Waals surface area contributed by atoms with E-state index in [-0.39, 0.29) is 0 Å². The molecule has 1 heteroatoms. The second-order valence-corrected chi connectivity index (χ2v) is 5.52. The van der Waals surface area contributed by atoms with Gasteiger partial charge in [0.15, 0.2) is 0 Å². The van der Waals surface area contributed by atoms with Crippen LogP contribution in [0.3, 0.4) is 0 Å². The Morgan fingerprint density at radius 1 is 1.07 bits per heavy atom. The lowest BCUT2D eigenvalue weighted by atomic mass is 9.78. The third-order valence-electron chi connectivity index (χ3n) is 4.08. The summed E-state index contributed by atoms with van der Waals surface area (Å²) < 4.78 is 0. The molecule has 82 valence electrons. The maximum Gasteiger partial charge on any atom is 0.00697 e. The summed E-state index contributed by atoms with van der Waals surface area (Å²) in [7, 11) is 0. The van der Waals surface area contributed by atoms with Crippen molar-refractivity contribution in [3.63, 3.8) is 0 Å². The maximum atomic E-state index is 3.68. The Morgan fingerprint density at radius 2 is 2.00 bits per heavy atom. The molecule has 1 heterocycles. The molecule has 3 atom stereocenters. The van der Waals surface area contributed by atoms with Crippen LogP contribution in [0.4, 0.5) is 0 Å². The molecule has 2 fully saturated rings. The lowest BCUT2D eigenvalue weighted by molar-refractivity contribution is 0.232. The SMILES string of the molecule is CC1CCCC(CC2CCCCN2)C1. The molecular formula is C13H25N. The molecule has 2 aliphatic rings. The lowest BCUT2D eigenvalue weighted by Crippen LogP contribution is -2.36. The number of hydrogen-bond donors (Lipinski definition) is 1. The molecule has 1 aliphatic heterocycles. The van der Waals surface area contributed by atoms with Crippen molar-refractivity contribution < 1.29 is 0 Å². The minimum atomic E-state index is 0.860. The van der Waals surface area contributed by atoms with Crippen molar-refractivity contribution >= 4 is 0 Å². The molecule has 0 radical (unpaired) electrons. The largest absolute Gasteiger partial charge is 0.314 e. The third kappa shape index (κ3) is 2.98. The van der Waals surface area contributed by atoms with Crippen LogP contribution in [0.25, 0.3) is 0 Å². The fourth-order valence-corrected chi connectivity index (χ4v) is 3.30. The van der Waals surface area contributed by atoms with Crippen molar-refractivity contribution in [3.8, 4) is 0 Å². The van der Waals surface area contributed by atoms with E-state index >= 15 is 0 Å². The average molecular weight is 195 g/mol. The Morgan fingerprint density at radius 3 is 2.71 bits per heavy atom. The Bertz CT molecular complexity index is 161. The van der Waals surface area contributed by atoms with Gasteiger partial charge in [-0.25, -0.2) is 0 Å². The van der Waals surface area contributed by atoms with Crippen molar-refractivity contribution in [1.82, 2.24) is 5.32 Å². The highest BCUT2D eigenvalue weighted by molar-refractivity contribution is 4.79. The highest BCUT2D eigenvalue weighted by Crippen LogP contribution is 2.32. The molecule has 3 unspecified atom stereocenters. The molecule has 0 spiro atoms. The van der Waals surface area contributed by atoms with E-state index in [1.807, 2.05) is 0 Å². The first-order valence-corrected chi connectivity index (χ1v) is 6.58. The molecule has 1 saturated carbocycles. The molecule has 14 heavy (non-hydrogen) atoms. The van der Waals surface area contributed by atoms with Crippen LogP contribution in [-0.4, -0.2) is 12.6 Å². The Labute approximate surface area is 88.7 Å². The summed E-state index contributed by atoms with van der Waals surface area (Å²) in [5, 5.41) is 3.68. The summed E-state index contributed by atoms with van der Waals surface area (Å²) in [6, 6.07) is 0.860. The van der Waals surface area contributed by atoms with Crippen molar-refractivity contribution in [3.05, 3.63) is 0 Å². The number of nitrogens with one attached hydrogen (secondary N) is 1. The summed E-state index contributed by atoms with van der Waals surface area (Å²) in [5.74, 6) is 2.03. The van der Waals surface area contributed by atoms with Crippen LogP contribution in [-0.2, 0) is 0 Å².